The number of amides is 1. The van der Waals surface area contributed by atoms with E-state index in [9.17, 15) is 9.59 Å². The molecule has 3 N–H and O–H groups in total. The van der Waals surface area contributed by atoms with E-state index >= 15 is 0 Å². The monoisotopic (exact) mass is 256 g/mol. The molecule has 0 spiro atoms. The van der Waals surface area contributed by atoms with Crippen molar-refractivity contribution >= 4 is 34.2 Å². The highest BCUT2D eigenvalue weighted by atomic mass is 32.1. The van der Waals surface area contributed by atoms with Gasteiger partial charge in [-0.25, -0.2) is 4.79 Å². The van der Waals surface area contributed by atoms with Crippen LogP contribution in [0.25, 0.3) is 0 Å². The van der Waals surface area contributed by atoms with Gasteiger partial charge in [0.25, 0.3) is 0 Å². The third kappa shape index (κ3) is 2.16. The molecule has 0 aliphatic carbocycles. The van der Waals surface area contributed by atoms with Gasteiger partial charge in [-0.05, 0) is 11.5 Å². The topological polar surface area (TPSA) is 97.6 Å². The zero-order valence-electron chi connectivity index (χ0n) is 9.23. The van der Waals surface area contributed by atoms with E-state index in [0.717, 1.165) is 11.5 Å². The van der Waals surface area contributed by atoms with Crippen LogP contribution in [0, 0.1) is 0 Å². The number of nitrogens with two attached hydrogens (primary N) is 1. The van der Waals surface area contributed by atoms with Crippen molar-refractivity contribution in [2.24, 2.45) is 0 Å². The van der Waals surface area contributed by atoms with Crippen LogP contribution >= 0.6 is 11.5 Å². The number of esters is 1. The average molecular weight is 256 g/mol. The molecule has 92 valence electrons. The lowest BCUT2D eigenvalue weighted by molar-refractivity contribution is -0.120. The van der Waals surface area contributed by atoms with Gasteiger partial charge >= 0.3 is 5.97 Å². The first kappa shape index (κ1) is 11.6. The number of aromatic nitrogens is 1. The van der Waals surface area contributed by atoms with Crippen LogP contribution < -0.4 is 16.0 Å². The van der Waals surface area contributed by atoms with Gasteiger partial charge in [-0.15, -0.1) is 0 Å². The van der Waals surface area contributed by atoms with Gasteiger partial charge in [0.05, 0.1) is 13.7 Å². The van der Waals surface area contributed by atoms with Crippen molar-refractivity contribution in [1.82, 2.24) is 9.69 Å². The minimum atomic E-state index is -0.530. The van der Waals surface area contributed by atoms with E-state index in [-0.39, 0.29) is 23.8 Å². The van der Waals surface area contributed by atoms with E-state index in [1.165, 1.54) is 7.11 Å². The Balaban J connectivity index is 2.31. The average Bonchev–Trinajstić information content (AvgIpc) is 2.70. The summed E-state index contributed by atoms with van der Waals surface area (Å²) >= 11 is 1.10. The number of hydrogen-bond donors (Lipinski definition) is 2. The van der Waals surface area contributed by atoms with Crippen LogP contribution in [0.5, 0.6) is 0 Å². The van der Waals surface area contributed by atoms with E-state index in [1.807, 2.05) is 0 Å². The number of anilines is 2. The van der Waals surface area contributed by atoms with Crippen molar-refractivity contribution in [3.8, 4) is 0 Å². The van der Waals surface area contributed by atoms with Gasteiger partial charge < -0.3 is 20.7 Å². The number of nitrogen functional groups attached to an aromatic ring is 1. The Kier molecular flexibility index (Phi) is 3.14. The van der Waals surface area contributed by atoms with E-state index in [2.05, 4.69) is 14.4 Å². The highest BCUT2D eigenvalue weighted by Gasteiger charge is 2.27. The van der Waals surface area contributed by atoms with E-state index in [0.29, 0.717) is 18.1 Å². The molecule has 1 fully saturated rings. The van der Waals surface area contributed by atoms with Crippen LogP contribution in [0.15, 0.2) is 0 Å². The Hall–Kier alpha value is -1.83. The largest absolute Gasteiger partial charge is 0.465 e. The summed E-state index contributed by atoms with van der Waals surface area (Å²) in [6, 6.07) is 0. The number of piperazine rings is 1. The highest BCUT2D eigenvalue weighted by Crippen LogP contribution is 2.31. The highest BCUT2D eigenvalue weighted by molar-refractivity contribution is 7.11. The summed E-state index contributed by atoms with van der Waals surface area (Å²) in [7, 11) is 1.28. The standard InChI is InChI=1S/C9H12N4O3S/c1-16-9(15)6-7(10)12-17-8(6)13-3-2-11-5(14)4-13/h2-4H2,1H3,(H2,10,12)(H,11,14). The fourth-order valence-electron chi connectivity index (χ4n) is 1.61. The molecule has 1 aromatic heterocycles. The third-order valence-corrected chi connectivity index (χ3v) is 3.34. The molecule has 0 atom stereocenters. The number of ether oxygens (including phenoxy) is 1. The minimum absolute atomic E-state index is 0.0842. The number of hydrogen-bond acceptors (Lipinski definition) is 7. The Labute approximate surface area is 102 Å². The summed E-state index contributed by atoms with van der Waals surface area (Å²) in [6.07, 6.45) is 0. The van der Waals surface area contributed by atoms with Gasteiger partial charge in [-0.1, -0.05) is 0 Å². The Morgan fingerprint density at radius 2 is 2.41 bits per heavy atom. The van der Waals surface area contributed by atoms with Crippen LogP contribution in [0.1, 0.15) is 10.4 Å². The number of carbonyl (C=O) groups excluding carboxylic acids is 2. The van der Waals surface area contributed by atoms with E-state index in [1.54, 1.807) is 4.90 Å². The smallest absolute Gasteiger partial charge is 0.344 e. The second-order valence-corrected chi connectivity index (χ2v) is 4.26. The Morgan fingerprint density at radius 3 is 3.06 bits per heavy atom. The van der Waals surface area contributed by atoms with Gasteiger partial charge in [0.1, 0.15) is 10.6 Å². The number of methoxy groups -OCH3 is 1. The Bertz CT molecular complexity index is 459. The normalized spacial score (nSPS) is 15.6. The molecule has 0 saturated carbocycles. The first-order chi connectivity index (χ1) is 8.13. The lowest BCUT2D eigenvalue weighted by atomic mass is 10.2. The first-order valence-corrected chi connectivity index (χ1v) is 5.76. The van der Waals surface area contributed by atoms with Crippen molar-refractivity contribution in [2.45, 2.75) is 0 Å². The molecule has 0 radical (unpaired) electrons. The van der Waals surface area contributed by atoms with E-state index < -0.39 is 5.97 Å². The molecule has 17 heavy (non-hydrogen) atoms. The summed E-state index contributed by atoms with van der Waals surface area (Å²) in [4.78, 5) is 24.6. The molecule has 1 aliphatic heterocycles. The van der Waals surface area contributed by atoms with Crippen LogP contribution in [0.4, 0.5) is 10.8 Å². The molecule has 2 heterocycles. The van der Waals surface area contributed by atoms with Crippen molar-refractivity contribution in [3.63, 3.8) is 0 Å². The maximum atomic E-state index is 11.6. The predicted octanol–water partition coefficient (Wildman–Crippen LogP) is -0.552. The lowest BCUT2D eigenvalue weighted by Crippen LogP contribution is -2.47. The molecular formula is C9H12N4O3S. The maximum absolute atomic E-state index is 11.6. The molecule has 2 rings (SSSR count). The van der Waals surface area contributed by atoms with Crippen molar-refractivity contribution in [1.29, 1.82) is 0 Å². The fourth-order valence-corrected chi connectivity index (χ4v) is 2.44. The SMILES string of the molecule is COC(=O)c1c(N)nsc1N1CCNC(=O)C1. The first-order valence-electron chi connectivity index (χ1n) is 4.98. The zero-order chi connectivity index (χ0) is 12.4. The number of rotatable bonds is 2. The van der Waals surface area contributed by atoms with Crippen molar-refractivity contribution in [3.05, 3.63) is 5.56 Å². The lowest BCUT2D eigenvalue weighted by Gasteiger charge is -2.27. The summed E-state index contributed by atoms with van der Waals surface area (Å²) in [5.41, 5.74) is 5.87. The molecule has 1 saturated heterocycles. The summed E-state index contributed by atoms with van der Waals surface area (Å²) in [6.45, 7) is 1.36. The molecule has 1 amide bonds. The van der Waals surface area contributed by atoms with Gasteiger partial charge in [0, 0.05) is 13.1 Å². The number of nitrogens with zero attached hydrogens (tertiary/aromatic N) is 2. The van der Waals surface area contributed by atoms with Crippen LogP contribution in [0.2, 0.25) is 0 Å². The van der Waals surface area contributed by atoms with Gasteiger partial charge in [-0.2, -0.15) is 4.37 Å². The molecule has 7 nitrogen and oxygen atoms in total. The van der Waals surface area contributed by atoms with Crippen LogP contribution in [-0.4, -0.2) is 43.0 Å². The predicted molar refractivity (Wildman–Crippen MR) is 63.1 cm³/mol. The molecule has 1 aliphatic rings. The third-order valence-electron chi connectivity index (χ3n) is 2.42. The van der Waals surface area contributed by atoms with Gasteiger partial charge in [-0.3, -0.25) is 4.79 Å². The molecule has 8 heteroatoms. The zero-order valence-corrected chi connectivity index (χ0v) is 10.0. The molecule has 0 aromatic carbocycles. The second kappa shape index (κ2) is 4.58. The van der Waals surface area contributed by atoms with E-state index in [4.69, 9.17) is 5.73 Å². The molecule has 0 bridgehead atoms. The maximum Gasteiger partial charge on any atom is 0.344 e. The summed E-state index contributed by atoms with van der Waals surface area (Å²) < 4.78 is 8.59. The summed E-state index contributed by atoms with van der Waals surface area (Å²) in [5.74, 6) is -0.473. The summed E-state index contributed by atoms with van der Waals surface area (Å²) in [5, 5.41) is 3.29. The van der Waals surface area contributed by atoms with Gasteiger partial charge in [0.15, 0.2) is 5.82 Å². The van der Waals surface area contributed by atoms with Gasteiger partial charge in [0.2, 0.25) is 5.91 Å². The number of nitrogens with one attached hydrogen (secondary N) is 1. The number of carbonyl (C=O) groups is 2. The van der Waals surface area contributed by atoms with Crippen LogP contribution in [-0.2, 0) is 9.53 Å². The molecule has 1 aromatic rings. The quantitative estimate of drug-likeness (QED) is 0.689. The van der Waals surface area contributed by atoms with Crippen molar-refractivity contribution in [2.75, 3.05) is 37.4 Å². The molecular weight excluding hydrogens is 244 g/mol. The second-order valence-electron chi connectivity index (χ2n) is 3.51. The Morgan fingerprint density at radius 1 is 1.65 bits per heavy atom. The minimum Gasteiger partial charge on any atom is -0.465 e. The van der Waals surface area contributed by atoms with Crippen molar-refractivity contribution < 1.29 is 14.3 Å². The van der Waals surface area contributed by atoms with Crippen LogP contribution in [0.3, 0.4) is 0 Å². The molecule has 0 unspecified atom stereocenters. The fraction of sp³-hybridized carbons (Fsp3) is 0.444.